The van der Waals surface area contributed by atoms with Crippen molar-refractivity contribution in [2.45, 2.75) is 24.8 Å². The summed E-state index contributed by atoms with van der Waals surface area (Å²) in [6.07, 6.45) is 2.41. The molecule has 0 aliphatic carbocycles. The molecule has 2 aliphatic rings. The number of anilines is 1. The number of hydrogen-bond acceptors (Lipinski definition) is 2. The average Bonchev–Trinajstić information content (AvgIpc) is 2.90. The van der Waals surface area contributed by atoms with Gasteiger partial charge in [0.25, 0.3) is 0 Å². The van der Waals surface area contributed by atoms with E-state index in [4.69, 9.17) is 0 Å². The average molecular weight is 340 g/mol. The molecule has 0 spiro atoms. The number of rotatable bonds is 2. The molecule has 2 heterocycles. The van der Waals surface area contributed by atoms with Gasteiger partial charge >= 0.3 is 0 Å². The highest BCUT2D eigenvalue weighted by Crippen LogP contribution is 2.45. The van der Waals surface area contributed by atoms with E-state index in [9.17, 15) is 0 Å². The Balaban J connectivity index is 1.60. The molecule has 0 saturated carbocycles. The fourth-order valence-electron chi connectivity index (χ4n) is 4.60. The minimum Gasteiger partial charge on any atom is -0.381 e. The van der Waals surface area contributed by atoms with Crippen LogP contribution >= 0.6 is 0 Å². The zero-order valence-corrected chi connectivity index (χ0v) is 14.9. The zero-order chi connectivity index (χ0) is 17.3. The number of nitrogens with one attached hydrogen (secondary N) is 2. The molecule has 0 unspecified atom stereocenters. The highest BCUT2D eigenvalue weighted by atomic mass is 15.0. The van der Waals surface area contributed by atoms with Gasteiger partial charge in [-0.3, -0.25) is 0 Å². The van der Waals surface area contributed by atoms with Crippen molar-refractivity contribution in [3.8, 4) is 22.3 Å². The first-order chi connectivity index (χ1) is 12.9. The minimum atomic E-state index is 0.568. The van der Waals surface area contributed by atoms with Crippen LogP contribution < -0.4 is 10.6 Å². The molecule has 1 saturated heterocycles. The van der Waals surface area contributed by atoms with Crippen LogP contribution in [0.15, 0.2) is 72.8 Å². The maximum atomic E-state index is 3.79. The van der Waals surface area contributed by atoms with Gasteiger partial charge in [0.1, 0.15) is 0 Å². The number of fused-ring (bicyclic) bond motifs is 3. The molecule has 3 aromatic rings. The van der Waals surface area contributed by atoms with Crippen LogP contribution in [-0.2, 0) is 0 Å². The fraction of sp³-hybridized carbons (Fsp3) is 0.250. The number of benzene rings is 3. The minimum absolute atomic E-state index is 0.568. The molecule has 2 aliphatic heterocycles. The third-order valence-corrected chi connectivity index (χ3v) is 5.85. The Labute approximate surface area is 155 Å². The van der Waals surface area contributed by atoms with Crippen LogP contribution in [0.3, 0.4) is 0 Å². The first-order valence-electron chi connectivity index (χ1n) is 9.66. The van der Waals surface area contributed by atoms with Crippen LogP contribution in [0.25, 0.3) is 22.3 Å². The third kappa shape index (κ3) is 2.71. The second kappa shape index (κ2) is 6.62. The molecule has 2 atom stereocenters. The second-order valence-corrected chi connectivity index (χ2v) is 7.40. The molecular weight excluding hydrogens is 316 g/mol. The van der Waals surface area contributed by atoms with E-state index in [2.05, 4.69) is 83.4 Å². The molecular formula is C24H24N2. The summed E-state index contributed by atoms with van der Waals surface area (Å²) in [7, 11) is 0. The molecule has 2 N–H and O–H groups in total. The van der Waals surface area contributed by atoms with Crippen molar-refractivity contribution in [3.05, 3.63) is 78.4 Å². The molecule has 5 rings (SSSR count). The summed E-state index contributed by atoms with van der Waals surface area (Å²) in [6, 6.07) is 27.0. The summed E-state index contributed by atoms with van der Waals surface area (Å²) in [4.78, 5) is 0. The highest BCUT2D eigenvalue weighted by molar-refractivity contribution is 5.80. The van der Waals surface area contributed by atoms with E-state index >= 15 is 0 Å². The van der Waals surface area contributed by atoms with Crippen molar-refractivity contribution in [3.63, 3.8) is 0 Å². The van der Waals surface area contributed by atoms with Gasteiger partial charge in [-0.25, -0.2) is 0 Å². The molecule has 2 heteroatoms. The maximum Gasteiger partial charge on any atom is 0.0384 e. The predicted molar refractivity (Wildman–Crippen MR) is 110 cm³/mol. The summed E-state index contributed by atoms with van der Waals surface area (Å²) in [6.45, 7) is 2.22. The van der Waals surface area contributed by atoms with E-state index in [1.54, 1.807) is 0 Å². The van der Waals surface area contributed by atoms with E-state index in [1.807, 2.05) is 0 Å². The lowest BCUT2D eigenvalue weighted by atomic mass is 9.85. The van der Waals surface area contributed by atoms with Crippen LogP contribution in [0.2, 0.25) is 0 Å². The largest absolute Gasteiger partial charge is 0.381 e. The Hall–Kier alpha value is -2.58. The first-order valence-corrected chi connectivity index (χ1v) is 9.66. The molecule has 3 aromatic carbocycles. The third-order valence-electron chi connectivity index (χ3n) is 5.85. The summed E-state index contributed by atoms with van der Waals surface area (Å²) < 4.78 is 0. The van der Waals surface area contributed by atoms with E-state index < -0.39 is 0 Å². The SMILES string of the molecule is c1ccc(-c2cccc(-c3cccc4c3[C@H]3CCNCC[C@@H]3N4)c2)cc1. The van der Waals surface area contributed by atoms with Gasteiger partial charge in [0.2, 0.25) is 0 Å². The van der Waals surface area contributed by atoms with E-state index in [0.29, 0.717) is 12.0 Å². The standard InChI is InChI=1S/C24H24N2/c1-2-6-17(7-3-1)18-8-4-9-19(16-18)20-10-5-11-23-24(20)21-12-14-25-15-13-22(21)26-23/h1-11,16,21-22,25-26H,12-15H2/t21-,22-/m0/s1. The van der Waals surface area contributed by atoms with Crippen LogP contribution in [0.4, 0.5) is 5.69 Å². The zero-order valence-electron chi connectivity index (χ0n) is 14.9. The Morgan fingerprint density at radius 1 is 0.692 bits per heavy atom. The molecule has 0 bridgehead atoms. The van der Waals surface area contributed by atoms with Gasteiger partial charge in [-0.1, -0.05) is 60.7 Å². The lowest BCUT2D eigenvalue weighted by molar-refractivity contribution is 0.579. The molecule has 0 radical (unpaired) electrons. The van der Waals surface area contributed by atoms with Gasteiger partial charge in [0.05, 0.1) is 0 Å². The molecule has 2 nitrogen and oxygen atoms in total. The summed E-state index contributed by atoms with van der Waals surface area (Å²) in [5, 5.41) is 7.35. The highest BCUT2D eigenvalue weighted by Gasteiger charge is 2.34. The smallest absolute Gasteiger partial charge is 0.0384 e. The van der Waals surface area contributed by atoms with Crippen LogP contribution in [0.5, 0.6) is 0 Å². The van der Waals surface area contributed by atoms with Crippen molar-refractivity contribution in [2.24, 2.45) is 0 Å². The molecule has 1 fully saturated rings. The summed E-state index contributed by atoms with van der Waals surface area (Å²) >= 11 is 0. The van der Waals surface area contributed by atoms with Gasteiger partial charge in [0, 0.05) is 17.6 Å². The molecule has 26 heavy (non-hydrogen) atoms. The van der Waals surface area contributed by atoms with E-state index in [-0.39, 0.29) is 0 Å². The van der Waals surface area contributed by atoms with Gasteiger partial charge in [0.15, 0.2) is 0 Å². The molecule has 0 aromatic heterocycles. The van der Waals surface area contributed by atoms with Gasteiger partial charge in [-0.05, 0) is 65.9 Å². The fourth-order valence-corrected chi connectivity index (χ4v) is 4.60. The van der Waals surface area contributed by atoms with Crippen molar-refractivity contribution >= 4 is 5.69 Å². The van der Waals surface area contributed by atoms with Crippen molar-refractivity contribution in [1.82, 2.24) is 5.32 Å². The Kier molecular flexibility index (Phi) is 3.99. The van der Waals surface area contributed by atoms with E-state index in [0.717, 1.165) is 13.1 Å². The van der Waals surface area contributed by atoms with E-state index in [1.165, 1.54) is 46.3 Å². The van der Waals surface area contributed by atoms with Gasteiger partial charge in [-0.15, -0.1) is 0 Å². The lowest BCUT2D eigenvalue weighted by Gasteiger charge is -2.18. The maximum absolute atomic E-state index is 3.79. The summed E-state index contributed by atoms with van der Waals surface area (Å²) in [5.74, 6) is 0.608. The Bertz CT molecular complexity index is 917. The Morgan fingerprint density at radius 2 is 1.46 bits per heavy atom. The van der Waals surface area contributed by atoms with Crippen molar-refractivity contribution in [1.29, 1.82) is 0 Å². The normalized spacial score (nSPS) is 21.4. The van der Waals surface area contributed by atoms with Crippen molar-refractivity contribution < 1.29 is 0 Å². The molecule has 130 valence electrons. The first kappa shape index (κ1) is 15.7. The van der Waals surface area contributed by atoms with Crippen molar-refractivity contribution in [2.75, 3.05) is 18.4 Å². The predicted octanol–water partition coefficient (Wildman–Crippen LogP) is 5.28. The van der Waals surface area contributed by atoms with Crippen LogP contribution in [0.1, 0.15) is 24.3 Å². The number of hydrogen-bond donors (Lipinski definition) is 2. The Morgan fingerprint density at radius 3 is 2.38 bits per heavy atom. The van der Waals surface area contributed by atoms with Gasteiger partial charge < -0.3 is 10.6 Å². The lowest BCUT2D eigenvalue weighted by Crippen LogP contribution is -2.21. The topological polar surface area (TPSA) is 24.1 Å². The van der Waals surface area contributed by atoms with Gasteiger partial charge in [-0.2, -0.15) is 0 Å². The van der Waals surface area contributed by atoms with Crippen LogP contribution in [-0.4, -0.2) is 19.1 Å². The molecule has 0 amide bonds. The second-order valence-electron chi connectivity index (χ2n) is 7.40. The summed E-state index contributed by atoms with van der Waals surface area (Å²) in [5.41, 5.74) is 8.13. The quantitative estimate of drug-likeness (QED) is 0.663. The van der Waals surface area contributed by atoms with Crippen LogP contribution in [0, 0.1) is 0 Å². The monoisotopic (exact) mass is 340 g/mol.